The highest BCUT2D eigenvalue weighted by Gasteiger charge is 2.22. The summed E-state index contributed by atoms with van der Waals surface area (Å²) in [5.74, 6) is 1.94. The first-order valence-electron chi connectivity index (χ1n) is 9.80. The van der Waals surface area contributed by atoms with Crippen LogP contribution in [0.3, 0.4) is 0 Å². The van der Waals surface area contributed by atoms with E-state index in [1.807, 2.05) is 54.3 Å². The lowest BCUT2D eigenvalue weighted by Gasteiger charge is -2.36. The second-order valence-electron chi connectivity index (χ2n) is 6.68. The van der Waals surface area contributed by atoms with E-state index in [-0.39, 0.29) is 5.91 Å². The van der Waals surface area contributed by atoms with Crippen molar-refractivity contribution in [2.45, 2.75) is 19.8 Å². The number of hydrogen-bond donors (Lipinski definition) is 0. The molecule has 1 amide bonds. The number of halogens is 1. The Morgan fingerprint density at radius 1 is 1.04 bits per heavy atom. The lowest BCUT2D eigenvalue weighted by atomic mass is 10.2. The number of benzene rings is 2. The van der Waals surface area contributed by atoms with Gasteiger partial charge in [0.15, 0.2) is 0 Å². The summed E-state index contributed by atoms with van der Waals surface area (Å²) in [4.78, 5) is 16.7. The molecule has 1 aliphatic heterocycles. The molecule has 0 unspecified atom stereocenters. The third-order valence-electron chi connectivity index (χ3n) is 4.74. The van der Waals surface area contributed by atoms with E-state index in [4.69, 9.17) is 9.47 Å². The van der Waals surface area contributed by atoms with E-state index in [2.05, 4.69) is 26.9 Å². The van der Waals surface area contributed by atoms with Gasteiger partial charge in [-0.1, -0.05) is 34.1 Å². The van der Waals surface area contributed by atoms with Crippen molar-refractivity contribution in [3.63, 3.8) is 0 Å². The molecule has 0 atom stereocenters. The Bertz CT molecular complexity index is 776. The van der Waals surface area contributed by atoms with Crippen molar-refractivity contribution in [2.75, 3.05) is 44.3 Å². The molecule has 0 N–H and O–H groups in total. The highest BCUT2D eigenvalue weighted by molar-refractivity contribution is 9.10. The predicted molar refractivity (Wildman–Crippen MR) is 115 cm³/mol. The fraction of sp³-hybridized carbons (Fsp3) is 0.409. The Balaban J connectivity index is 1.41. The molecule has 1 aliphatic rings. The van der Waals surface area contributed by atoms with Crippen molar-refractivity contribution in [3.05, 3.63) is 53.0 Å². The van der Waals surface area contributed by atoms with Crippen molar-refractivity contribution >= 4 is 27.5 Å². The number of hydrogen-bond acceptors (Lipinski definition) is 4. The summed E-state index contributed by atoms with van der Waals surface area (Å²) < 4.78 is 12.4. The van der Waals surface area contributed by atoms with E-state index in [1.165, 1.54) is 0 Å². The second kappa shape index (κ2) is 10.4. The number of carbonyl (C=O) groups is 1. The summed E-state index contributed by atoms with van der Waals surface area (Å²) >= 11 is 3.43. The van der Waals surface area contributed by atoms with Crippen LogP contribution in [0.2, 0.25) is 0 Å². The second-order valence-corrected chi connectivity index (χ2v) is 7.59. The molecule has 5 nitrogen and oxygen atoms in total. The van der Waals surface area contributed by atoms with Crippen molar-refractivity contribution < 1.29 is 14.3 Å². The van der Waals surface area contributed by atoms with Crippen LogP contribution in [0.5, 0.6) is 11.5 Å². The molecule has 2 aromatic carbocycles. The smallest absolute Gasteiger partial charge is 0.222 e. The molecule has 0 spiro atoms. The summed E-state index contributed by atoms with van der Waals surface area (Å²) in [6.07, 6.45) is 1.24. The van der Waals surface area contributed by atoms with Crippen LogP contribution in [0.1, 0.15) is 19.8 Å². The maximum absolute atomic E-state index is 12.5. The quantitative estimate of drug-likeness (QED) is 0.565. The van der Waals surface area contributed by atoms with Gasteiger partial charge in [-0.25, -0.2) is 0 Å². The summed E-state index contributed by atoms with van der Waals surface area (Å²) in [5.41, 5.74) is 1.11. The Morgan fingerprint density at radius 3 is 2.57 bits per heavy atom. The molecule has 0 aromatic heterocycles. The van der Waals surface area contributed by atoms with Gasteiger partial charge >= 0.3 is 0 Å². The molecular weight excluding hydrogens is 420 g/mol. The van der Waals surface area contributed by atoms with Gasteiger partial charge in [-0.3, -0.25) is 4.79 Å². The van der Waals surface area contributed by atoms with Crippen LogP contribution in [0.25, 0.3) is 0 Å². The maximum Gasteiger partial charge on any atom is 0.222 e. The van der Waals surface area contributed by atoms with Crippen LogP contribution in [0.4, 0.5) is 5.69 Å². The Kier molecular flexibility index (Phi) is 7.60. The van der Waals surface area contributed by atoms with Crippen molar-refractivity contribution in [1.82, 2.24) is 4.90 Å². The number of piperazine rings is 1. The SMILES string of the molecule is CCOc1ccccc1N1CCN(C(=O)CCCOc2cccc(Br)c2)CC1. The molecule has 28 heavy (non-hydrogen) atoms. The minimum absolute atomic E-state index is 0.204. The van der Waals surface area contributed by atoms with Crippen molar-refractivity contribution in [1.29, 1.82) is 0 Å². The average molecular weight is 447 g/mol. The molecule has 0 saturated carbocycles. The fourth-order valence-electron chi connectivity index (χ4n) is 3.32. The number of anilines is 1. The van der Waals surface area contributed by atoms with Gasteiger partial charge in [0, 0.05) is 37.1 Å². The first-order chi connectivity index (χ1) is 13.7. The molecular formula is C22H27BrN2O3. The molecule has 0 radical (unpaired) electrons. The zero-order valence-corrected chi connectivity index (χ0v) is 17.9. The van der Waals surface area contributed by atoms with Gasteiger partial charge in [-0.2, -0.15) is 0 Å². The first kappa shape index (κ1) is 20.5. The minimum atomic E-state index is 0.204. The summed E-state index contributed by atoms with van der Waals surface area (Å²) in [7, 11) is 0. The first-order valence-corrected chi connectivity index (χ1v) is 10.6. The highest BCUT2D eigenvalue weighted by atomic mass is 79.9. The zero-order valence-electron chi connectivity index (χ0n) is 16.3. The van der Waals surface area contributed by atoms with Gasteiger partial charge in [-0.05, 0) is 43.7 Å². The van der Waals surface area contributed by atoms with Gasteiger partial charge in [0.25, 0.3) is 0 Å². The van der Waals surface area contributed by atoms with E-state index in [0.717, 1.165) is 54.3 Å². The van der Waals surface area contributed by atoms with Crippen LogP contribution in [-0.4, -0.2) is 50.2 Å². The highest BCUT2D eigenvalue weighted by Crippen LogP contribution is 2.29. The molecule has 0 bridgehead atoms. The van der Waals surface area contributed by atoms with Gasteiger partial charge in [0.1, 0.15) is 11.5 Å². The molecule has 1 fully saturated rings. The van der Waals surface area contributed by atoms with Crippen LogP contribution >= 0.6 is 15.9 Å². The van der Waals surface area contributed by atoms with E-state index >= 15 is 0 Å². The largest absolute Gasteiger partial charge is 0.494 e. The fourth-order valence-corrected chi connectivity index (χ4v) is 3.70. The number of rotatable bonds is 8. The van der Waals surface area contributed by atoms with Crippen molar-refractivity contribution in [2.24, 2.45) is 0 Å². The van der Waals surface area contributed by atoms with E-state index < -0.39 is 0 Å². The maximum atomic E-state index is 12.5. The molecule has 1 saturated heterocycles. The number of para-hydroxylation sites is 2. The Hall–Kier alpha value is -2.21. The normalized spacial score (nSPS) is 14.1. The van der Waals surface area contributed by atoms with Crippen molar-refractivity contribution in [3.8, 4) is 11.5 Å². The van der Waals surface area contributed by atoms with Crippen LogP contribution in [0.15, 0.2) is 53.0 Å². The molecule has 1 heterocycles. The van der Waals surface area contributed by atoms with Crippen LogP contribution in [-0.2, 0) is 4.79 Å². The van der Waals surface area contributed by atoms with Crippen LogP contribution in [0, 0.1) is 0 Å². The molecule has 2 aromatic rings. The lowest BCUT2D eigenvalue weighted by Crippen LogP contribution is -2.48. The minimum Gasteiger partial charge on any atom is -0.494 e. The topological polar surface area (TPSA) is 42.0 Å². The zero-order chi connectivity index (χ0) is 19.8. The average Bonchev–Trinajstić information content (AvgIpc) is 2.72. The number of amides is 1. The third kappa shape index (κ3) is 5.64. The van der Waals surface area contributed by atoms with E-state index in [9.17, 15) is 4.79 Å². The van der Waals surface area contributed by atoms with Gasteiger partial charge in [0.2, 0.25) is 5.91 Å². The molecule has 150 valence electrons. The Labute approximate surface area is 175 Å². The van der Waals surface area contributed by atoms with Gasteiger partial charge in [0.05, 0.1) is 18.9 Å². The number of carbonyl (C=O) groups excluding carboxylic acids is 1. The number of nitrogens with zero attached hydrogens (tertiary/aromatic N) is 2. The monoisotopic (exact) mass is 446 g/mol. The van der Waals surface area contributed by atoms with Gasteiger partial charge in [-0.15, -0.1) is 0 Å². The summed E-state index contributed by atoms with van der Waals surface area (Å²) in [6, 6.07) is 15.9. The third-order valence-corrected chi connectivity index (χ3v) is 5.23. The standard InChI is InChI=1S/C22H27BrN2O3/c1-2-27-21-10-4-3-9-20(21)24-12-14-25(15-13-24)22(26)11-6-16-28-19-8-5-7-18(23)17-19/h3-5,7-10,17H,2,6,11-16H2,1H3. The molecule has 6 heteroatoms. The van der Waals surface area contributed by atoms with E-state index in [1.54, 1.807) is 0 Å². The molecule has 3 rings (SSSR count). The van der Waals surface area contributed by atoms with E-state index in [0.29, 0.717) is 19.6 Å². The molecule has 0 aliphatic carbocycles. The Morgan fingerprint density at radius 2 is 1.82 bits per heavy atom. The number of ether oxygens (including phenoxy) is 2. The van der Waals surface area contributed by atoms with Gasteiger partial charge < -0.3 is 19.3 Å². The summed E-state index contributed by atoms with van der Waals surface area (Å²) in [6.45, 7) is 6.32. The van der Waals surface area contributed by atoms with Crippen LogP contribution < -0.4 is 14.4 Å². The lowest BCUT2D eigenvalue weighted by molar-refractivity contribution is -0.131. The summed E-state index contributed by atoms with van der Waals surface area (Å²) in [5, 5.41) is 0. The predicted octanol–water partition coefficient (Wildman–Crippen LogP) is 4.36.